The van der Waals surface area contributed by atoms with Gasteiger partial charge in [0.15, 0.2) is 0 Å². The number of hydrogen-bond acceptors (Lipinski definition) is 0. The predicted molar refractivity (Wildman–Crippen MR) is 98.6 cm³/mol. The highest BCUT2D eigenvalue weighted by Crippen LogP contribution is 2.42. The molecule has 0 radical (unpaired) electrons. The minimum atomic E-state index is -2.06. The minimum Gasteiger partial charge on any atom is -0.0593 e. The molecule has 2 aromatic carbocycles. The molecule has 0 heteroatoms. The van der Waals surface area contributed by atoms with Gasteiger partial charge in [-0.25, -0.2) is 0 Å². The molecule has 0 nitrogen and oxygen atoms in total. The van der Waals surface area contributed by atoms with Crippen LogP contribution in [-0.2, 0) is 5.41 Å². The average Bonchev–Trinajstić information content (AvgIpc) is 2.45. The summed E-state index contributed by atoms with van der Waals surface area (Å²) in [4.78, 5) is 0. The van der Waals surface area contributed by atoms with E-state index in [1.807, 2.05) is 13.0 Å². The first-order valence-corrected chi connectivity index (χ1v) is 7.98. The van der Waals surface area contributed by atoms with Gasteiger partial charge in [-0.15, -0.1) is 0 Å². The molecule has 2 aromatic rings. The molecule has 0 fully saturated rings. The Hall–Kier alpha value is -1.56. The fraction of sp³-hybridized carbons (Fsp3) is 0.455. The number of benzene rings is 2. The molecule has 0 atom stereocenters. The minimum absolute atomic E-state index is 0.0659. The molecule has 0 spiro atoms. The highest BCUT2D eigenvalue weighted by atomic mass is 14.4. The third-order valence-electron chi connectivity index (χ3n) is 5.34. The van der Waals surface area contributed by atoms with Crippen LogP contribution in [0.1, 0.15) is 61.0 Å². The van der Waals surface area contributed by atoms with Gasteiger partial charge >= 0.3 is 0 Å². The molecule has 0 saturated heterocycles. The maximum absolute atomic E-state index is 7.58. The Morgan fingerprint density at radius 2 is 1.32 bits per heavy atom. The van der Waals surface area contributed by atoms with Gasteiger partial charge in [0.2, 0.25) is 0 Å². The lowest BCUT2D eigenvalue weighted by Crippen LogP contribution is -2.33. The van der Waals surface area contributed by atoms with Crippen molar-refractivity contribution >= 4 is 0 Å². The fourth-order valence-corrected chi connectivity index (χ4v) is 2.75. The van der Waals surface area contributed by atoms with Crippen molar-refractivity contribution in [2.45, 2.75) is 60.7 Å². The average molecular weight is 298 g/mol. The van der Waals surface area contributed by atoms with Crippen molar-refractivity contribution < 1.29 is 4.11 Å². The third kappa shape index (κ3) is 2.97. The van der Waals surface area contributed by atoms with E-state index in [4.69, 9.17) is 4.11 Å². The van der Waals surface area contributed by atoms with Crippen LogP contribution in [0.2, 0.25) is 0 Å². The van der Waals surface area contributed by atoms with E-state index in [9.17, 15) is 0 Å². The Labute approximate surface area is 140 Å². The molecule has 0 aromatic heterocycles. The van der Waals surface area contributed by atoms with Gasteiger partial charge in [0.05, 0.1) is 0 Å². The van der Waals surface area contributed by atoms with Gasteiger partial charge in [0, 0.05) is 4.11 Å². The second kappa shape index (κ2) is 5.57. The van der Waals surface area contributed by atoms with E-state index in [0.29, 0.717) is 5.56 Å². The summed E-state index contributed by atoms with van der Waals surface area (Å²) in [6.45, 7) is 13.5. The highest BCUT2D eigenvalue weighted by molar-refractivity contribution is 5.71. The summed E-state index contributed by atoms with van der Waals surface area (Å²) in [6, 6.07) is 12.1. The zero-order chi connectivity index (χ0) is 19.2. The molecule has 0 aliphatic heterocycles. The van der Waals surface area contributed by atoms with E-state index in [2.05, 4.69) is 59.7 Å². The second-order valence-electron chi connectivity index (χ2n) is 7.93. The molecule has 0 aliphatic carbocycles. The van der Waals surface area contributed by atoms with Crippen LogP contribution in [-0.4, -0.2) is 0 Å². The van der Waals surface area contributed by atoms with Crippen molar-refractivity contribution in [2.24, 2.45) is 5.41 Å². The first-order chi connectivity index (χ1) is 11.2. The van der Waals surface area contributed by atoms with Crippen molar-refractivity contribution in [3.8, 4) is 11.1 Å². The Morgan fingerprint density at radius 3 is 1.77 bits per heavy atom. The molecule has 118 valence electrons. The van der Waals surface area contributed by atoms with Crippen molar-refractivity contribution in [3.05, 3.63) is 58.7 Å². The molecular formula is C22H30. The van der Waals surface area contributed by atoms with E-state index in [1.54, 1.807) is 12.1 Å². The smallest absolute Gasteiger partial charge is 0.0280 e. The van der Waals surface area contributed by atoms with E-state index < -0.39 is 6.85 Å². The van der Waals surface area contributed by atoms with E-state index in [1.165, 1.54) is 16.7 Å². The van der Waals surface area contributed by atoms with Crippen LogP contribution in [0.5, 0.6) is 0 Å². The van der Waals surface area contributed by atoms with Gasteiger partial charge in [-0.3, -0.25) is 0 Å². The van der Waals surface area contributed by atoms with Gasteiger partial charge in [-0.2, -0.15) is 0 Å². The maximum Gasteiger partial charge on any atom is 0.0280 e. The zero-order valence-corrected chi connectivity index (χ0v) is 15.0. The summed E-state index contributed by atoms with van der Waals surface area (Å²) in [6.07, 6.45) is 0. The zero-order valence-electron chi connectivity index (χ0n) is 18.0. The summed E-state index contributed by atoms with van der Waals surface area (Å²) < 4.78 is 22.7. The Balaban J connectivity index is 2.50. The van der Waals surface area contributed by atoms with Crippen molar-refractivity contribution in [2.75, 3.05) is 0 Å². The molecule has 0 heterocycles. The number of hydrogen-bond donors (Lipinski definition) is 0. The predicted octanol–water partition coefficient (Wildman–Crippen LogP) is 6.60. The maximum atomic E-state index is 7.58. The topological polar surface area (TPSA) is 0 Å². The lowest BCUT2D eigenvalue weighted by molar-refractivity contribution is 0.225. The quantitative estimate of drug-likeness (QED) is 0.585. The van der Waals surface area contributed by atoms with Crippen molar-refractivity contribution in [1.82, 2.24) is 0 Å². The van der Waals surface area contributed by atoms with Crippen LogP contribution in [0.15, 0.2) is 36.4 Å². The third-order valence-corrected chi connectivity index (χ3v) is 5.34. The molecule has 0 bridgehead atoms. The normalized spacial score (nSPS) is 15.1. The van der Waals surface area contributed by atoms with Crippen LogP contribution in [0.4, 0.5) is 0 Å². The van der Waals surface area contributed by atoms with Crippen LogP contribution >= 0.6 is 0 Å². The van der Waals surface area contributed by atoms with Gasteiger partial charge in [-0.05, 0) is 59.3 Å². The second-order valence-corrected chi connectivity index (χ2v) is 7.93. The number of aryl methyl sites for hydroxylation is 3. The molecule has 2 rings (SSSR count). The SMILES string of the molecule is [2H]C([2H])([2H])c1ccc(-c2ccc(C(C)(C)C(C)(C)C)cc2C)c(C)c1. The summed E-state index contributed by atoms with van der Waals surface area (Å²) in [5.74, 6) is 0. The van der Waals surface area contributed by atoms with Crippen molar-refractivity contribution in [3.63, 3.8) is 0 Å². The summed E-state index contributed by atoms with van der Waals surface area (Å²) >= 11 is 0. The highest BCUT2D eigenvalue weighted by Gasteiger charge is 2.34. The molecular weight excluding hydrogens is 264 g/mol. The Morgan fingerprint density at radius 1 is 0.773 bits per heavy atom. The number of rotatable bonds is 2. The molecule has 22 heavy (non-hydrogen) atoms. The van der Waals surface area contributed by atoms with E-state index in [-0.39, 0.29) is 10.8 Å². The first-order valence-electron chi connectivity index (χ1n) is 9.48. The van der Waals surface area contributed by atoms with Gasteiger partial charge in [0.25, 0.3) is 0 Å². The monoisotopic (exact) mass is 297 g/mol. The lowest BCUT2D eigenvalue weighted by Gasteiger charge is -2.39. The van der Waals surface area contributed by atoms with Crippen LogP contribution in [0.3, 0.4) is 0 Å². The lowest BCUT2D eigenvalue weighted by atomic mass is 9.65. The first kappa shape index (κ1) is 12.9. The van der Waals surface area contributed by atoms with Gasteiger partial charge in [-0.1, -0.05) is 76.6 Å². The molecule has 0 amide bonds. The van der Waals surface area contributed by atoms with Gasteiger partial charge in [0.1, 0.15) is 0 Å². The largest absolute Gasteiger partial charge is 0.0593 e. The standard InChI is InChI=1S/C22H30/c1-15-9-11-19(16(2)13-15)20-12-10-18(14-17(20)3)22(7,8)21(4,5)6/h9-14H,1-8H3/i1D3. The molecule has 0 N–H and O–H groups in total. The van der Waals surface area contributed by atoms with E-state index >= 15 is 0 Å². The fourth-order valence-electron chi connectivity index (χ4n) is 2.75. The van der Waals surface area contributed by atoms with Crippen LogP contribution in [0.25, 0.3) is 11.1 Å². The molecule has 0 aliphatic rings. The summed E-state index contributed by atoms with van der Waals surface area (Å²) in [7, 11) is 0. The Bertz CT molecular complexity index is 775. The molecule has 0 unspecified atom stereocenters. The van der Waals surface area contributed by atoms with Crippen LogP contribution < -0.4 is 0 Å². The van der Waals surface area contributed by atoms with Crippen LogP contribution in [0, 0.1) is 26.1 Å². The molecule has 0 saturated carbocycles. The van der Waals surface area contributed by atoms with Crippen molar-refractivity contribution in [1.29, 1.82) is 0 Å². The summed E-state index contributed by atoms with van der Waals surface area (Å²) in [5.41, 5.74) is 6.46. The summed E-state index contributed by atoms with van der Waals surface area (Å²) in [5, 5.41) is 0. The van der Waals surface area contributed by atoms with E-state index in [0.717, 1.165) is 11.1 Å². The Kier molecular flexibility index (Phi) is 3.28. The van der Waals surface area contributed by atoms with Gasteiger partial charge < -0.3 is 0 Å².